The van der Waals surface area contributed by atoms with E-state index in [1.807, 2.05) is 24.3 Å². The monoisotopic (exact) mass is 348 g/mol. The molecule has 6 heteroatoms. The minimum Gasteiger partial charge on any atom is -0.494 e. The van der Waals surface area contributed by atoms with E-state index in [1.54, 1.807) is 0 Å². The maximum atomic E-state index is 12.2. The summed E-state index contributed by atoms with van der Waals surface area (Å²) in [4.78, 5) is 16.5. The molecule has 1 fully saturated rings. The number of nitrogens with one attached hydrogen (secondary N) is 1. The van der Waals surface area contributed by atoms with Gasteiger partial charge in [0.2, 0.25) is 5.89 Å². The highest BCUT2D eigenvalue weighted by atomic mass is 35.5. The summed E-state index contributed by atoms with van der Waals surface area (Å²) in [7, 11) is 0. The van der Waals surface area contributed by atoms with Gasteiger partial charge in [0.05, 0.1) is 6.61 Å². The highest BCUT2D eigenvalue weighted by Gasteiger charge is 2.20. The van der Waals surface area contributed by atoms with Gasteiger partial charge in [0.15, 0.2) is 5.69 Å². The lowest BCUT2D eigenvalue weighted by atomic mass is 10.2. The topological polar surface area (TPSA) is 64.4 Å². The number of halogens is 1. The van der Waals surface area contributed by atoms with Crippen LogP contribution in [0.1, 0.15) is 42.6 Å². The van der Waals surface area contributed by atoms with E-state index in [2.05, 4.69) is 10.3 Å². The van der Waals surface area contributed by atoms with Gasteiger partial charge in [-0.2, -0.15) is 0 Å². The summed E-state index contributed by atoms with van der Waals surface area (Å²) < 4.78 is 11.0. The highest BCUT2D eigenvalue weighted by Crippen LogP contribution is 2.23. The van der Waals surface area contributed by atoms with Crippen LogP contribution < -0.4 is 10.1 Å². The molecule has 1 N–H and O–H groups in total. The third-order valence-corrected chi connectivity index (χ3v) is 4.34. The standard InChI is InChI=1S/C18H21ClN2O3/c19-10-3-11-23-15-8-6-13(7-9-15)18-21-16(12-24-18)17(22)20-14-4-1-2-5-14/h6-9,12,14H,1-5,10-11H2,(H,20,22). The summed E-state index contributed by atoms with van der Waals surface area (Å²) in [6, 6.07) is 7.70. The van der Waals surface area contributed by atoms with Crippen molar-refractivity contribution in [2.75, 3.05) is 12.5 Å². The molecule has 0 unspecified atom stereocenters. The van der Waals surface area contributed by atoms with Gasteiger partial charge < -0.3 is 14.5 Å². The number of ether oxygens (including phenoxy) is 1. The molecule has 1 amide bonds. The molecule has 0 bridgehead atoms. The molecule has 1 aliphatic rings. The number of aromatic nitrogens is 1. The van der Waals surface area contributed by atoms with E-state index in [4.69, 9.17) is 20.8 Å². The van der Waals surface area contributed by atoms with E-state index in [9.17, 15) is 4.79 Å². The van der Waals surface area contributed by atoms with Gasteiger partial charge >= 0.3 is 0 Å². The number of carbonyl (C=O) groups excluding carboxylic acids is 1. The molecule has 0 aliphatic heterocycles. The van der Waals surface area contributed by atoms with Crippen LogP contribution in [-0.2, 0) is 0 Å². The van der Waals surface area contributed by atoms with Crippen LogP contribution in [0, 0.1) is 0 Å². The quantitative estimate of drug-likeness (QED) is 0.606. The van der Waals surface area contributed by atoms with E-state index < -0.39 is 0 Å². The summed E-state index contributed by atoms with van der Waals surface area (Å²) in [5.41, 5.74) is 1.12. The summed E-state index contributed by atoms with van der Waals surface area (Å²) in [6.45, 7) is 0.591. The first-order chi connectivity index (χ1) is 11.8. The van der Waals surface area contributed by atoms with Crippen molar-refractivity contribution in [2.45, 2.75) is 38.1 Å². The molecule has 128 valence electrons. The Morgan fingerprint density at radius 2 is 2.04 bits per heavy atom. The molecule has 1 saturated carbocycles. The van der Waals surface area contributed by atoms with E-state index in [1.165, 1.54) is 19.1 Å². The van der Waals surface area contributed by atoms with Crippen LogP contribution in [0.4, 0.5) is 0 Å². The van der Waals surface area contributed by atoms with Crippen molar-refractivity contribution in [1.82, 2.24) is 10.3 Å². The average molecular weight is 349 g/mol. The minimum atomic E-state index is -0.169. The fraction of sp³-hybridized carbons (Fsp3) is 0.444. The third kappa shape index (κ3) is 4.29. The van der Waals surface area contributed by atoms with Crippen LogP contribution in [0.25, 0.3) is 11.5 Å². The Morgan fingerprint density at radius 1 is 1.29 bits per heavy atom. The Balaban J connectivity index is 1.61. The second kappa shape index (κ2) is 8.20. The Bertz CT molecular complexity index is 663. The van der Waals surface area contributed by atoms with E-state index in [0.29, 0.717) is 24.1 Å². The molecule has 1 aromatic carbocycles. The maximum Gasteiger partial charge on any atom is 0.273 e. The van der Waals surface area contributed by atoms with Gasteiger partial charge in [0.1, 0.15) is 12.0 Å². The lowest BCUT2D eigenvalue weighted by molar-refractivity contribution is 0.0933. The van der Waals surface area contributed by atoms with Gasteiger partial charge in [-0.05, 0) is 43.5 Å². The number of hydrogen-bond acceptors (Lipinski definition) is 4. The van der Waals surface area contributed by atoms with Gasteiger partial charge in [-0.3, -0.25) is 4.79 Å². The van der Waals surface area contributed by atoms with Gasteiger partial charge in [-0.1, -0.05) is 12.8 Å². The summed E-state index contributed by atoms with van der Waals surface area (Å²) in [5.74, 6) is 1.62. The largest absolute Gasteiger partial charge is 0.494 e. The third-order valence-electron chi connectivity index (χ3n) is 4.08. The molecule has 24 heavy (non-hydrogen) atoms. The van der Waals surface area contributed by atoms with Crippen LogP contribution in [-0.4, -0.2) is 29.4 Å². The number of alkyl halides is 1. The zero-order valence-electron chi connectivity index (χ0n) is 13.5. The van der Waals surface area contributed by atoms with Crippen molar-refractivity contribution in [3.8, 4) is 17.2 Å². The minimum absolute atomic E-state index is 0.169. The smallest absolute Gasteiger partial charge is 0.273 e. The first-order valence-electron chi connectivity index (χ1n) is 8.32. The van der Waals surface area contributed by atoms with E-state index in [-0.39, 0.29) is 11.9 Å². The number of benzene rings is 1. The predicted molar refractivity (Wildman–Crippen MR) is 92.5 cm³/mol. The second-order valence-corrected chi connectivity index (χ2v) is 6.29. The maximum absolute atomic E-state index is 12.2. The Labute approximate surface area is 146 Å². The Hall–Kier alpha value is -2.01. The summed E-state index contributed by atoms with van der Waals surface area (Å²) in [5, 5.41) is 3.01. The Kier molecular flexibility index (Phi) is 5.75. The molecule has 5 nitrogen and oxygen atoms in total. The lowest BCUT2D eigenvalue weighted by Gasteiger charge is -2.09. The van der Waals surface area contributed by atoms with Crippen LogP contribution in [0.3, 0.4) is 0 Å². The molecular formula is C18H21ClN2O3. The number of amides is 1. The molecule has 0 spiro atoms. The number of nitrogens with zero attached hydrogens (tertiary/aromatic N) is 1. The first kappa shape index (κ1) is 16.8. The zero-order chi connectivity index (χ0) is 16.8. The number of carbonyl (C=O) groups is 1. The van der Waals surface area contributed by atoms with Gasteiger partial charge in [-0.25, -0.2) is 4.98 Å². The van der Waals surface area contributed by atoms with E-state index >= 15 is 0 Å². The average Bonchev–Trinajstić information content (AvgIpc) is 3.27. The van der Waals surface area contributed by atoms with Crippen molar-refractivity contribution in [3.05, 3.63) is 36.2 Å². The number of rotatable bonds is 7. The summed E-state index contributed by atoms with van der Waals surface area (Å²) >= 11 is 5.62. The van der Waals surface area contributed by atoms with Crippen molar-refractivity contribution in [1.29, 1.82) is 0 Å². The molecule has 1 heterocycles. The van der Waals surface area contributed by atoms with E-state index in [0.717, 1.165) is 30.6 Å². The van der Waals surface area contributed by atoms with Gasteiger partial charge in [-0.15, -0.1) is 11.6 Å². The first-order valence-corrected chi connectivity index (χ1v) is 8.85. The van der Waals surface area contributed by atoms with Crippen molar-refractivity contribution < 1.29 is 13.9 Å². The van der Waals surface area contributed by atoms with Crippen LogP contribution in [0.15, 0.2) is 34.9 Å². The second-order valence-electron chi connectivity index (χ2n) is 5.91. The van der Waals surface area contributed by atoms with Crippen LogP contribution in [0.2, 0.25) is 0 Å². The van der Waals surface area contributed by atoms with Gasteiger partial charge in [0, 0.05) is 17.5 Å². The predicted octanol–water partition coefficient (Wildman–Crippen LogP) is 4.02. The molecular weight excluding hydrogens is 328 g/mol. The van der Waals surface area contributed by atoms with Crippen LogP contribution >= 0.6 is 11.6 Å². The fourth-order valence-electron chi connectivity index (χ4n) is 2.78. The molecule has 1 aromatic heterocycles. The van der Waals surface area contributed by atoms with Crippen LogP contribution in [0.5, 0.6) is 5.75 Å². The fourth-order valence-corrected chi connectivity index (χ4v) is 2.89. The van der Waals surface area contributed by atoms with Crippen molar-refractivity contribution in [3.63, 3.8) is 0 Å². The molecule has 0 atom stereocenters. The van der Waals surface area contributed by atoms with Crippen molar-refractivity contribution in [2.24, 2.45) is 0 Å². The van der Waals surface area contributed by atoms with Crippen molar-refractivity contribution >= 4 is 17.5 Å². The lowest BCUT2D eigenvalue weighted by Crippen LogP contribution is -2.32. The normalized spacial score (nSPS) is 14.7. The zero-order valence-corrected chi connectivity index (χ0v) is 14.2. The molecule has 2 aromatic rings. The molecule has 1 aliphatic carbocycles. The SMILES string of the molecule is O=C(NC1CCCC1)c1coc(-c2ccc(OCCCCl)cc2)n1. The molecule has 0 radical (unpaired) electrons. The highest BCUT2D eigenvalue weighted by molar-refractivity contribution is 6.17. The molecule has 3 rings (SSSR count). The number of oxazole rings is 1. The summed E-state index contributed by atoms with van der Waals surface area (Å²) in [6.07, 6.45) is 6.65. The Morgan fingerprint density at radius 3 is 2.75 bits per heavy atom. The van der Waals surface area contributed by atoms with Gasteiger partial charge in [0.25, 0.3) is 5.91 Å². The number of hydrogen-bond donors (Lipinski definition) is 1. The molecule has 0 saturated heterocycles.